The second-order valence-electron chi connectivity index (χ2n) is 13.4. The number of carboxylic acids is 1. The largest absolute Gasteiger partial charge is 0.478 e. The Hall–Kier alpha value is -1.43. The minimum Gasteiger partial charge on any atom is -0.478 e. The Morgan fingerprint density at radius 1 is 1.11 bits per heavy atom. The van der Waals surface area contributed by atoms with Gasteiger partial charge in [0, 0.05) is 11.0 Å². The summed E-state index contributed by atoms with van der Waals surface area (Å²) >= 11 is 0. The molecule has 2 saturated carbocycles. The summed E-state index contributed by atoms with van der Waals surface area (Å²) in [5, 5.41) is 42.6. The zero-order chi connectivity index (χ0) is 26.1. The molecule has 2 fully saturated rings. The van der Waals surface area contributed by atoms with Crippen molar-refractivity contribution in [2.75, 3.05) is 0 Å². The SMILES string of the molecule is C/C(=C/C[C@H](O)C(C)[C@H]1C[C@H](O)[C@@]2(C)C3=CCC4C(C)(C)[C@H](O)CC[C@]4(C)C3=CC[C@]12C)C(=O)O. The van der Waals surface area contributed by atoms with Crippen LogP contribution in [-0.4, -0.2) is 44.7 Å². The van der Waals surface area contributed by atoms with Gasteiger partial charge < -0.3 is 20.4 Å². The second kappa shape index (κ2) is 8.56. The summed E-state index contributed by atoms with van der Waals surface area (Å²) in [5.41, 5.74) is 2.13. The number of hydrogen-bond acceptors (Lipinski definition) is 4. The van der Waals surface area contributed by atoms with Gasteiger partial charge in [0.15, 0.2) is 0 Å². The van der Waals surface area contributed by atoms with Gasteiger partial charge in [-0.2, -0.15) is 0 Å². The Morgan fingerprint density at radius 2 is 1.77 bits per heavy atom. The lowest BCUT2D eigenvalue weighted by Gasteiger charge is -2.61. The normalized spacial score (nSPS) is 44.3. The van der Waals surface area contributed by atoms with Gasteiger partial charge in [0.1, 0.15) is 0 Å². The van der Waals surface area contributed by atoms with E-state index in [0.717, 1.165) is 25.7 Å². The second-order valence-corrected chi connectivity index (χ2v) is 13.4. The van der Waals surface area contributed by atoms with Gasteiger partial charge in [-0.1, -0.05) is 59.8 Å². The first-order valence-electron chi connectivity index (χ1n) is 13.5. The van der Waals surface area contributed by atoms with Crippen LogP contribution in [0.25, 0.3) is 0 Å². The molecule has 196 valence electrons. The molecule has 2 unspecified atom stereocenters. The van der Waals surface area contributed by atoms with E-state index in [-0.39, 0.29) is 39.8 Å². The minimum atomic E-state index is -0.958. The summed E-state index contributed by atoms with van der Waals surface area (Å²) in [5.74, 6) is -0.549. The highest BCUT2D eigenvalue weighted by atomic mass is 16.4. The lowest BCUT2D eigenvalue weighted by molar-refractivity contribution is -0.132. The molecule has 0 amide bonds. The zero-order valence-electron chi connectivity index (χ0n) is 22.6. The fraction of sp³-hybridized carbons (Fsp3) is 0.767. The molecule has 0 heterocycles. The van der Waals surface area contributed by atoms with Crippen molar-refractivity contribution in [1.82, 2.24) is 0 Å². The minimum absolute atomic E-state index is 0.0146. The summed E-state index contributed by atoms with van der Waals surface area (Å²) < 4.78 is 0. The van der Waals surface area contributed by atoms with Crippen LogP contribution in [0, 0.1) is 39.4 Å². The van der Waals surface area contributed by atoms with Gasteiger partial charge in [0.2, 0.25) is 0 Å². The predicted molar refractivity (Wildman–Crippen MR) is 138 cm³/mol. The lowest BCUT2D eigenvalue weighted by Crippen LogP contribution is -2.55. The van der Waals surface area contributed by atoms with Crippen molar-refractivity contribution in [1.29, 1.82) is 0 Å². The third-order valence-corrected chi connectivity index (χ3v) is 11.6. The molecule has 35 heavy (non-hydrogen) atoms. The first kappa shape index (κ1) is 26.6. The molecule has 0 aromatic rings. The first-order valence-corrected chi connectivity index (χ1v) is 13.5. The third kappa shape index (κ3) is 3.63. The summed E-state index contributed by atoms with van der Waals surface area (Å²) in [4.78, 5) is 11.2. The van der Waals surface area contributed by atoms with Crippen molar-refractivity contribution in [3.8, 4) is 0 Å². The van der Waals surface area contributed by atoms with E-state index in [0.29, 0.717) is 18.8 Å². The molecular weight excluding hydrogens is 440 g/mol. The number of fused-ring (bicyclic) bond motifs is 5. The fourth-order valence-electron chi connectivity index (χ4n) is 8.74. The molecule has 5 nitrogen and oxygen atoms in total. The average Bonchev–Trinajstić information content (AvgIpc) is 3.00. The van der Waals surface area contributed by atoms with Gasteiger partial charge in [0.05, 0.1) is 18.3 Å². The molecule has 4 rings (SSSR count). The fourth-order valence-corrected chi connectivity index (χ4v) is 8.74. The zero-order valence-corrected chi connectivity index (χ0v) is 22.6. The molecule has 0 aromatic heterocycles. The molecule has 0 saturated heterocycles. The van der Waals surface area contributed by atoms with Crippen LogP contribution in [0.4, 0.5) is 0 Å². The molecule has 0 radical (unpaired) electrons. The van der Waals surface area contributed by atoms with E-state index >= 15 is 0 Å². The van der Waals surface area contributed by atoms with Crippen LogP contribution < -0.4 is 0 Å². The van der Waals surface area contributed by atoms with E-state index < -0.39 is 23.6 Å². The lowest BCUT2D eigenvalue weighted by atomic mass is 9.44. The van der Waals surface area contributed by atoms with E-state index in [4.69, 9.17) is 5.11 Å². The topological polar surface area (TPSA) is 98.0 Å². The highest BCUT2D eigenvalue weighted by Gasteiger charge is 2.66. The number of aliphatic carboxylic acids is 1. The maximum absolute atomic E-state index is 11.6. The summed E-state index contributed by atoms with van der Waals surface area (Å²) in [6, 6.07) is 0. The molecule has 0 spiro atoms. The number of aliphatic hydroxyl groups excluding tert-OH is 3. The van der Waals surface area contributed by atoms with E-state index in [1.54, 1.807) is 13.0 Å². The number of hydrogen-bond donors (Lipinski definition) is 4. The van der Waals surface area contributed by atoms with E-state index in [1.807, 2.05) is 0 Å². The predicted octanol–water partition coefficient (Wildman–Crippen LogP) is 5.26. The average molecular weight is 487 g/mol. The van der Waals surface area contributed by atoms with E-state index in [2.05, 4.69) is 53.7 Å². The Kier molecular flexibility index (Phi) is 6.51. The summed E-state index contributed by atoms with van der Waals surface area (Å²) in [6.45, 7) is 14.9. The summed E-state index contributed by atoms with van der Waals surface area (Å²) in [6.07, 6.45) is 9.41. The smallest absolute Gasteiger partial charge is 0.330 e. The first-order chi connectivity index (χ1) is 16.1. The van der Waals surface area contributed by atoms with Gasteiger partial charge in [-0.15, -0.1) is 0 Å². The van der Waals surface area contributed by atoms with Crippen LogP contribution in [0.2, 0.25) is 0 Å². The van der Waals surface area contributed by atoms with Gasteiger partial charge >= 0.3 is 5.97 Å². The van der Waals surface area contributed by atoms with E-state index in [1.165, 1.54) is 11.1 Å². The van der Waals surface area contributed by atoms with Crippen LogP contribution in [0.1, 0.15) is 87.0 Å². The molecule has 0 aromatic carbocycles. The van der Waals surface area contributed by atoms with Gasteiger partial charge in [-0.3, -0.25) is 0 Å². The molecule has 4 N–H and O–H groups in total. The van der Waals surface area contributed by atoms with Crippen molar-refractivity contribution in [2.45, 2.75) is 105 Å². The number of carboxylic acid groups (broad SMARTS) is 1. The highest BCUT2D eigenvalue weighted by molar-refractivity contribution is 5.85. The molecule has 9 atom stereocenters. The third-order valence-electron chi connectivity index (χ3n) is 11.6. The Balaban J connectivity index is 1.68. The van der Waals surface area contributed by atoms with Gasteiger partial charge in [-0.25, -0.2) is 4.79 Å². The molecule has 0 aliphatic heterocycles. The maximum Gasteiger partial charge on any atom is 0.330 e. The van der Waals surface area contributed by atoms with Gasteiger partial charge in [-0.05, 0) is 90.6 Å². The molecule has 0 bridgehead atoms. The molecular formula is C30H46O5. The van der Waals surface area contributed by atoms with Crippen LogP contribution in [0.5, 0.6) is 0 Å². The molecule has 4 aliphatic carbocycles. The number of allylic oxidation sites excluding steroid dienone is 3. The van der Waals surface area contributed by atoms with Crippen LogP contribution in [0.3, 0.4) is 0 Å². The number of rotatable bonds is 5. The van der Waals surface area contributed by atoms with E-state index in [9.17, 15) is 20.1 Å². The number of carbonyl (C=O) groups is 1. The molecule has 4 aliphatic rings. The Bertz CT molecular complexity index is 975. The number of aliphatic hydroxyl groups is 3. The highest BCUT2D eigenvalue weighted by Crippen LogP contribution is 2.71. The van der Waals surface area contributed by atoms with Crippen molar-refractivity contribution >= 4 is 5.97 Å². The van der Waals surface area contributed by atoms with Crippen LogP contribution in [0.15, 0.2) is 34.9 Å². The van der Waals surface area contributed by atoms with Crippen molar-refractivity contribution < 1.29 is 25.2 Å². The quantitative estimate of drug-likeness (QED) is 0.397. The van der Waals surface area contributed by atoms with Crippen LogP contribution in [-0.2, 0) is 4.79 Å². The van der Waals surface area contributed by atoms with Crippen molar-refractivity contribution in [2.24, 2.45) is 39.4 Å². The van der Waals surface area contributed by atoms with Crippen molar-refractivity contribution in [3.05, 3.63) is 34.9 Å². The Labute approximate surface area is 211 Å². The molecule has 5 heteroatoms. The monoisotopic (exact) mass is 486 g/mol. The standard InChI is InChI=1S/C30H46O5/c1-17(26(34)35)8-10-22(31)18(2)21-16-25(33)30(7)20-9-11-23-27(3,4)24(32)13-14-28(23,5)19(20)12-15-29(21,30)6/h8-9,12,18,21-25,31-33H,10-11,13-16H2,1-7H3,(H,34,35)/b17-8-/t18?,21-,22+,23?,24-,25+,28-,29-,30-/m1/s1. The maximum atomic E-state index is 11.6. The van der Waals surface area contributed by atoms with Crippen molar-refractivity contribution in [3.63, 3.8) is 0 Å². The van der Waals surface area contributed by atoms with Gasteiger partial charge in [0.25, 0.3) is 0 Å². The Morgan fingerprint density at radius 3 is 2.40 bits per heavy atom. The summed E-state index contributed by atoms with van der Waals surface area (Å²) in [7, 11) is 0. The van der Waals surface area contributed by atoms with Crippen LogP contribution >= 0.6 is 0 Å².